The quantitative estimate of drug-likeness (QED) is 0.869. The first-order valence-electron chi connectivity index (χ1n) is 7.23. The molecule has 1 aromatic rings. The van der Waals surface area contributed by atoms with Crippen molar-refractivity contribution in [3.63, 3.8) is 0 Å². The van der Waals surface area contributed by atoms with Crippen LogP contribution in [0.1, 0.15) is 5.56 Å². The largest absolute Gasteiger partial charge is 0.493 e. The molecule has 21 heavy (non-hydrogen) atoms. The summed E-state index contributed by atoms with van der Waals surface area (Å²) < 4.78 is 21.9. The fourth-order valence-electron chi connectivity index (χ4n) is 2.65. The van der Waals surface area contributed by atoms with E-state index in [9.17, 15) is 0 Å². The highest BCUT2D eigenvalue weighted by Crippen LogP contribution is 2.41. The number of hydrogen-bond acceptors (Lipinski definition) is 6. The normalized spacial score (nSPS) is 21.5. The highest BCUT2D eigenvalue weighted by molar-refractivity contribution is 5.55. The molecule has 0 radical (unpaired) electrons. The lowest BCUT2D eigenvalue weighted by atomic mass is 10.1. The van der Waals surface area contributed by atoms with Crippen molar-refractivity contribution in [2.75, 3.05) is 47.2 Å². The van der Waals surface area contributed by atoms with E-state index in [0.717, 1.165) is 49.8 Å². The minimum atomic E-state index is 0.250. The number of ether oxygens (including phenoxy) is 4. The second kappa shape index (κ2) is 6.51. The van der Waals surface area contributed by atoms with Gasteiger partial charge in [-0.05, 0) is 24.7 Å². The average Bonchev–Trinajstić information content (AvgIpc) is 2.95. The fourth-order valence-corrected chi connectivity index (χ4v) is 2.65. The Balaban J connectivity index is 1.56. The van der Waals surface area contributed by atoms with E-state index in [1.165, 1.54) is 0 Å². The van der Waals surface area contributed by atoms with Gasteiger partial charge in [0, 0.05) is 26.2 Å². The molecule has 6 nitrogen and oxygen atoms in total. The Labute approximate surface area is 124 Å². The number of hydrogen-bond donors (Lipinski definition) is 1. The summed E-state index contributed by atoms with van der Waals surface area (Å²) in [5.74, 6) is 2.16. The molecular formula is C15H22N2O4. The minimum absolute atomic E-state index is 0.250. The standard InChI is InChI=1S/C15H22N2O4/c1-17-3-4-19-12(9-17)8-16-7-11-5-13(18-2)15-14(6-11)20-10-21-15/h5-6,12,16H,3-4,7-10H2,1-2H3/t12-/m0/s1. The molecule has 1 N–H and O–H groups in total. The molecule has 2 heterocycles. The predicted octanol–water partition coefficient (Wildman–Crippen LogP) is 0.844. The van der Waals surface area contributed by atoms with Crippen LogP contribution < -0.4 is 19.5 Å². The SMILES string of the molecule is COc1cc(CNC[C@H]2CN(C)CCO2)cc2c1OCO2. The van der Waals surface area contributed by atoms with E-state index >= 15 is 0 Å². The van der Waals surface area contributed by atoms with Crippen LogP contribution in [-0.4, -0.2) is 58.2 Å². The summed E-state index contributed by atoms with van der Waals surface area (Å²) in [5.41, 5.74) is 1.11. The molecule has 0 aromatic heterocycles. The first kappa shape index (κ1) is 14.4. The molecule has 0 unspecified atom stereocenters. The van der Waals surface area contributed by atoms with E-state index in [1.807, 2.05) is 12.1 Å². The third kappa shape index (κ3) is 3.40. The van der Waals surface area contributed by atoms with Gasteiger partial charge in [-0.2, -0.15) is 0 Å². The summed E-state index contributed by atoms with van der Waals surface area (Å²) in [6.07, 6.45) is 0.250. The van der Waals surface area contributed by atoms with E-state index in [2.05, 4.69) is 17.3 Å². The lowest BCUT2D eigenvalue weighted by Crippen LogP contribution is -2.44. The number of likely N-dealkylation sites (N-methyl/N-ethyl adjacent to an activating group) is 1. The van der Waals surface area contributed by atoms with Gasteiger partial charge in [0.25, 0.3) is 0 Å². The Morgan fingerprint density at radius 2 is 2.29 bits per heavy atom. The topological polar surface area (TPSA) is 52.2 Å². The first-order valence-corrected chi connectivity index (χ1v) is 7.23. The van der Waals surface area contributed by atoms with E-state index in [-0.39, 0.29) is 12.9 Å². The average molecular weight is 294 g/mol. The summed E-state index contributed by atoms with van der Waals surface area (Å²) in [5, 5.41) is 3.43. The number of methoxy groups -OCH3 is 1. The van der Waals surface area contributed by atoms with Crippen molar-refractivity contribution in [3.05, 3.63) is 17.7 Å². The first-order chi connectivity index (χ1) is 10.3. The van der Waals surface area contributed by atoms with E-state index < -0.39 is 0 Å². The summed E-state index contributed by atoms with van der Waals surface area (Å²) in [6, 6.07) is 3.97. The molecule has 116 valence electrons. The molecular weight excluding hydrogens is 272 g/mol. The number of fused-ring (bicyclic) bond motifs is 1. The second-order valence-corrected chi connectivity index (χ2v) is 5.42. The van der Waals surface area contributed by atoms with Gasteiger partial charge in [-0.1, -0.05) is 0 Å². The molecule has 2 aliphatic heterocycles. The van der Waals surface area contributed by atoms with Crippen molar-refractivity contribution in [2.45, 2.75) is 12.6 Å². The van der Waals surface area contributed by atoms with Crippen molar-refractivity contribution in [1.82, 2.24) is 10.2 Å². The lowest BCUT2D eigenvalue weighted by molar-refractivity contribution is -0.0182. The van der Waals surface area contributed by atoms with Crippen LogP contribution >= 0.6 is 0 Å². The van der Waals surface area contributed by atoms with Crippen LogP contribution in [-0.2, 0) is 11.3 Å². The van der Waals surface area contributed by atoms with Gasteiger partial charge in [0.1, 0.15) is 0 Å². The van der Waals surface area contributed by atoms with Gasteiger partial charge in [-0.3, -0.25) is 0 Å². The highest BCUT2D eigenvalue weighted by Gasteiger charge is 2.20. The van der Waals surface area contributed by atoms with Gasteiger partial charge in [0.2, 0.25) is 12.5 Å². The zero-order valence-electron chi connectivity index (χ0n) is 12.6. The molecule has 1 atom stereocenters. The van der Waals surface area contributed by atoms with Gasteiger partial charge in [0.15, 0.2) is 11.5 Å². The summed E-state index contributed by atoms with van der Waals surface area (Å²) in [7, 11) is 3.76. The molecule has 0 aliphatic carbocycles. The Bertz CT molecular complexity index is 495. The van der Waals surface area contributed by atoms with Crippen molar-refractivity contribution in [2.24, 2.45) is 0 Å². The number of morpholine rings is 1. The van der Waals surface area contributed by atoms with Crippen LogP contribution in [0, 0.1) is 0 Å². The summed E-state index contributed by atoms with van der Waals surface area (Å²) >= 11 is 0. The van der Waals surface area contributed by atoms with Crippen LogP contribution in [0.25, 0.3) is 0 Å². The van der Waals surface area contributed by atoms with Crippen LogP contribution in [0.5, 0.6) is 17.2 Å². The Morgan fingerprint density at radius 1 is 1.38 bits per heavy atom. The Hall–Kier alpha value is -1.50. The molecule has 1 saturated heterocycles. The van der Waals surface area contributed by atoms with Crippen molar-refractivity contribution < 1.29 is 18.9 Å². The van der Waals surface area contributed by atoms with Gasteiger partial charge in [-0.15, -0.1) is 0 Å². The summed E-state index contributed by atoms with van der Waals surface area (Å²) in [4.78, 5) is 2.29. The van der Waals surface area contributed by atoms with Crippen molar-refractivity contribution >= 4 is 0 Å². The molecule has 1 aromatic carbocycles. The monoisotopic (exact) mass is 294 g/mol. The number of rotatable bonds is 5. The van der Waals surface area contributed by atoms with E-state index in [4.69, 9.17) is 18.9 Å². The van der Waals surface area contributed by atoms with Crippen LogP contribution in [0.4, 0.5) is 0 Å². The zero-order chi connectivity index (χ0) is 14.7. The van der Waals surface area contributed by atoms with Crippen LogP contribution in [0.3, 0.4) is 0 Å². The number of benzene rings is 1. The molecule has 3 rings (SSSR count). The minimum Gasteiger partial charge on any atom is -0.493 e. The lowest BCUT2D eigenvalue weighted by Gasteiger charge is -2.30. The smallest absolute Gasteiger partial charge is 0.231 e. The van der Waals surface area contributed by atoms with Gasteiger partial charge < -0.3 is 29.2 Å². The highest BCUT2D eigenvalue weighted by atomic mass is 16.7. The Kier molecular flexibility index (Phi) is 4.48. The third-order valence-electron chi connectivity index (χ3n) is 3.76. The molecule has 6 heteroatoms. The molecule has 0 saturated carbocycles. The third-order valence-corrected chi connectivity index (χ3v) is 3.76. The molecule has 2 aliphatic rings. The second-order valence-electron chi connectivity index (χ2n) is 5.42. The van der Waals surface area contributed by atoms with E-state index in [1.54, 1.807) is 7.11 Å². The zero-order valence-corrected chi connectivity index (χ0v) is 12.6. The maximum Gasteiger partial charge on any atom is 0.231 e. The molecule has 0 amide bonds. The molecule has 0 bridgehead atoms. The maximum atomic E-state index is 5.73. The van der Waals surface area contributed by atoms with E-state index in [0.29, 0.717) is 5.75 Å². The number of nitrogens with zero attached hydrogens (tertiary/aromatic N) is 1. The Morgan fingerprint density at radius 3 is 3.10 bits per heavy atom. The van der Waals surface area contributed by atoms with Crippen molar-refractivity contribution in [3.8, 4) is 17.2 Å². The van der Waals surface area contributed by atoms with Gasteiger partial charge in [-0.25, -0.2) is 0 Å². The maximum absolute atomic E-state index is 5.73. The van der Waals surface area contributed by atoms with Gasteiger partial charge >= 0.3 is 0 Å². The summed E-state index contributed by atoms with van der Waals surface area (Å²) in [6.45, 7) is 4.62. The fraction of sp³-hybridized carbons (Fsp3) is 0.600. The predicted molar refractivity (Wildman–Crippen MR) is 78.1 cm³/mol. The van der Waals surface area contributed by atoms with Crippen molar-refractivity contribution in [1.29, 1.82) is 0 Å². The number of nitrogens with one attached hydrogen (secondary N) is 1. The van der Waals surface area contributed by atoms with Crippen LogP contribution in [0.15, 0.2) is 12.1 Å². The molecule has 0 spiro atoms. The van der Waals surface area contributed by atoms with Crippen LogP contribution in [0.2, 0.25) is 0 Å². The van der Waals surface area contributed by atoms with Gasteiger partial charge in [0.05, 0.1) is 19.8 Å². The molecule has 1 fully saturated rings.